The lowest BCUT2D eigenvalue weighted by atomic mass is 10.3. The predicted octanol–water partition coefficient (Wildman–Crippen LogP) is 0.426. The zero-order valence-corrected chi connectivity index (χ0v) is 10.5. The van der Waals surface area contributed by atoms with E-state index in [1.807, 2.05) is 0 Å². The van der Waals surface area contributed by atoms with Crippen LogP contribution in [0.2, 0.25) is 0 Å². The van der Waals surface area contributed by atoms with Crippen molar-refractivity contribution in [3.63, 3.8) is 0 Å². The first-order valence-electron chi connectivity index (χ1n) is 4.80. The molecule has 0 aliphatic carbocycles. The van der Waals surface area contributed by atoms with Gasteiger partial charge in [-0.2, -0.15) is 0 Å². The second kappa shape index (κ2) is 5.63. The maximum absolute atomic E-state index is 11.3. The summed E-state index contributed by atoms with van der Waals surface area (Å²) in [5, 5.41) is 19.1. The Morgan fingerprint density at radius 1 is 1.53 bits per heavy atom. The molecule has 0 saturated carbocycles. The van der Waals surface area contributed by atoms with Crippen molar-refractivity contribution in [1.82, 2.24) is 0 Å². The maximum atomic E-state index is 11.3. The molecule has 2 N–H and O–H groups in total. The van der Waals surface area contributed by atoms with E-state index in [0.29, 0.717) is 0 Å². The van der Waals surface area contributed by atoms with Gasteiger partial charge in [-0.15, -0.1) is 0 Å². The molecule has 0 unspecified atom stereocenters. The number of anilines is 1. The number of hydrogen-bond acceptors (Lipinski definition) is 7. The van der Waals surface area contributed by atoms with Crippen molar-refractivity contribution in [2.75, 3.05) is 18.3 Å². The van der Waals surface area contributed by atoms with Crippen LogP contribution in [0.4, 0.5) is 11.4 Å². The third-order valence-corrected chi connectivity index (χ3v) is 3.08. The minimum absolute atomic E-state index is 0.140. The number of carboxylic acid groups (broad SMARTS) is 1. The molecular weight excluding hydrogens is 280 g/mol. The number of rotatable bonds is 6. The van der Waals surface area contributed by atoms with Gasteiger partial charge < -0.3 is 5.11 Å². The zero-order valence-electron chi connectivity index (χ0n) is 9.69. The van der Waals surface area contributed by atoms with E-state index < -0.39 is 33.0 Å². The Morgan fingerprint density at radius 2 is 2.16 bits per heavy atom. The van der Waals surface area contributed by atoms with Crippen molar-refractivity contribution in [2.45, 2.75) is 4.90 Å². The van der Waals surface area contributed by atoms with E-state index in [1.165, 1.54) is 0 Å². The standard InChI is InChI=1S/C9H10N2O7S/c1-19(16,17)6-2-3-7(8(4-6)11(14)15)10-18-5-9(12)13/h2-4,10H,5H2,1H3,(H,12,13). The Bertz CT molecular complexity index is 611. The summed E-state index contributed by atoms with van der Waals surface area (Å²) >= 11 is 0. The number of sulfone groups is 1. The van der Waals surface area contributed by atoms with Gasteiger partial charge in [0, 0.05) is 12.3 Å². The van der Waals surface area contributed by atoms with E-state index in [9.17, 15) is 23.3 Å². The zero-order chi connectivity index (χ0) is 14.6. The Hall–Kier alpha value is -2.20. The van der Waals surface area contributed by atoms with Gasteiger partial charge in [0.25, 0.3) is 5.69 Å². The van der Waals surface area contributed by atoms with E-state index in [0.717, 1.165) is 24.5 Å². The highest BCUT2D eigenvalue weighted by molar-refractivity contribution is 7.90. The van der Waals surface area contributed by atoms with E-state index in [4.69, 9.17) is 5.11 Å². The highest BCUT2D eigenvalue weighted by atomic mass is 32.2. The molecular formula is C9H10N2O7S. The van der Waals surface area contributed by atoms with Gasteiger partial charge in [-0.05, 0) is 12.1 Å². The molecule has 0 bridgehead atoms. The summed E-state index contributed by atoms with van der Waals surface area (Å²) in [6, 6.07) is 3.13. The van der Waals surface area contributed by atoms with Crippen LogP contribution >= 0.6 is 0 Å². The fourth-order valence-corrected chi connectivity index (χ4v) is 1.80. The fraction of sp³-hybridized carbons (Fsp3) is 0.222. The van der Waals surface area contributed by atoms with Crippen LogP contribution in [0.15, 0.2) is 23.1 Å². The lowest BCUT2D eigenvalue weighted by Crippen LogP contribution is -2.12. The summed E-state index contributed by atoms with van der Waals surface area (Å²) in [5.74, 6) is -1.26. The van der Waals surface area contributed by atoms with Crippen molar-refractivity contribution in [3.05, 3.63) is 28.3 Å². The molecule has 1 aromatic carbocycles. The van der Waals surface area contributed by atoms with Gasteiger partial charge in [-0.25, -0.2) is 13.2 Å². The normalized spacial score (nSPS) is 11.0. The average molecular weight is 290 g/mol. The Kier molecular flexibility index (Phi) is 4.40. The third-order valence-electron chi connectivity index (χ3n) is 1.97. The van der Waals surface area contributed by atoms with Gasteiger partial charge in [0.05, 0.1) is 9.82 Å². The summed E-state index contributed by atoms with van der Waals surface area (Å²) in [6.45, 7) is -0.703. The van der Waals surface area contributed by atoms with E-state index in [-0.39, 0.29) is 10.6 Å². The van der Waals surface area contributed by atoms with Crippen LogP contribution < -0.4 is 5.48 Å². The predicted molar refractivity (Wildman–Crippen MR) is 63.4 cm³/mol. The van der Waals surface area contributed by atoms with E-state index in [2.05, 4.69) is 10.3 Å². The Morgan fingerprint density at radius 3 is 2.63 bits per heavy atom. The molecule has 0 radical (unpaired) electrons. The molecule has 104 valence electrons. The molecule has 0 amide bonds. The monoisotopic (exact) mass is 290 g/mol. The number of hydrogen-bond donors (Lipinski definition) is 2. The number of carbonyl (C=O) groups is 1. The molecule has 0 aliphatic heterocycles. The summed E-state index contributed by atoms with van der Waals surface area (Å²) < 4.78 is 22.5. The summed E-state index contributed by atoms with van der Waals surface area (Å²) in [6.07, 6.45) is 0.917. The van der Waals surface area contributed by atoms with Gasteiger partial charge in [-0.1, -0.05) is 0 Å². The molecule has 1 rings (SSSR count). The third kappa shape index (κ3) is 4.19. The Labute approximate surface area is 107 Å². The quantitative estimate of drug-likeness (QED) is 0.568. The molecule has 0 atom stereocenters. The number of nitro groups is 1. The first-order valence-corrected chi connectivity index (χ1v) is 6.69. The second-order valence-electron chi connectivity index (χ2n) is 3.49. The molecule has 10 heteroatoms. The summed E-state index contributed by atoms with van der Waals surface area (Å²) in [4.78, 5) is 24.5. The van der Waals surface area contributed by atoms with Crippen molar-refractivity contribution < 1.29 is 28.1 Å². The summed E-state index contributed by atoms with van der Waals surface area (Å²) in [7, 11) is -3.58. The van der Waals surface area contributed by atoms with Crippen molar-refractivity contribution in [3.8, 4) is 0 Å². The summed E-state index contributed by atoms with van der Waals surface area (Å²) in [5.41, 5.74) is 1.41. The number of benzene rings is 1. The minimum atomic E-state index is -3.58. The molecule has 0 spiro atoms. The van der Waals surface area contributed by atoms with Gasteiger partial charge in [-0.3, -0.25) is 20.4 Å². The molecule has 0 heterocycles. The lowest BCUT2D eigenvalue weighted by molar-refractivity contribution is -0.384. The topological polar surface area (TPSA) is 136 Å². The van der Waals surface area contributed by atoms with Gasteiger partial charge >= 0.3 is 5.97 Å². The molecule has 9 nitrogen and oxygen atoms in total. The van der Waals surface area contributed by atoms with Crippen LogP contribution in [0.1, 0.15) is 0 Å². The van der Waals surface area contributed by atoms with Crippen molar-refractivity contribution in [1.29, 1.82) is 0 Å². The number of nitrogens with zero attached hydrogens (tertiary/aromatic N) is 1. The van der Waals surface area contributed by atoms with Crippen LogP contribution in [0.3, 0.4) is 0 Å². The number of carboxylic acids is 1. The fourth-order valence-electron chi connectivity index (χ4n) is 1.16. The molecule has 0 aromatic heterocycles. The highest BCUT2D eigenvalue weighted by Gasteiger charge is 2.18. The van der Waals surface area contributed by atoms with Crippen molar-refractivity contribution >= 4 is 27.2 Å². The largest absolute Gasteiger partial charge is 0.479 e. The van der Waals surface area contributed by atoms with Crippen LogP contribution in [0.25, 0.3) is 0 Å². The Balaban J connectivity index is 3.06. The van der Waals surface area contributed by atoms with Gasteiger partial charge in [0.15, 0.2) is 16.4 Å². The van der Waals surface area contributed by atoms with Gasteiger partial charge in [0.1, 0.15) is 5.69 Å². The van der Waals surface area contributed by atoms with Crippen LogP contribution in [0, 0.1) is 10.1 Å². The lowest BCUT2D eigenvalue weighted by Gasteiger charge is -2.07. The molecule has 0 fully saturated rings. The van der Waals surface area contributed by atoms with Crippen molar-refractivity contribution in [2.24, 2.45) is 0 Å². The first-order chi connectivity index (χ1) is 8.71. The van der Waals surface area contributed by atoms with Crippen LogP contribution in [0.5, 0.6) is 0 Å². The van der Waals surface area contributed by atoms with Crippen LogP contribution in [-0.2, 0) is 19.5 Å². The first kappa shape index (κ1) is 14.9. The van der Waals surface area contributed by atoms with Crippen LogP contribution in [-0.4, -0.2) is 37.3 Å². The minimum Gasteiger partial charge on any atom is -0.479 e. The van der Waals surface area contributed by atoms with Gasteiger partial charge in [0.2, 0.25) is 0 Å². The second-order valence-corrected chi connectivity index (χ2v) is 5.51. The number of aliphatic carboxylic acids is 1. The molecule has 1 aromatic rings. The molecule has 0 saturated heterocycles. The SMILES string of the molecule is CS(=O)(=O)c1ccc(NOCC(=O)O)c([N+](=O)[O-])c1. The molecule has 0 aliphatic rings. The highest BCUT2D eigenvalue weighted by Crippen LogP contribution is 2.27. The van der Waals surface area contributed by atoms with E-state index >= 15 is 0 Å². The smallest absolute Gasteiger partial charge is 0.332 e. The number of nitrogens with one attached hydrogen (secondary N) is 1. The average Bonchev–Trinajstić information content (AvgIpc) is 2.27. The maximum Gasteiger partial charge on any atom is 0.332 e. The van der Waals surface area contributed by atoms with E-state index in [1.54, 1.807) is 0 Å². The number of nitro benzene ring substituents is 1. The molecule has 19 heavy (non-hydrogen) atoms.